The summed E-state index contributed by atoms with van der Waals surface area (Å²) in [6, 6.07) is 3.05. The van der Waals surface area contributed by atoms with E-state index in [2.05, 4.69) is 25.6 Å². The first-order valence-electron chi connectivity index (χ1n) is 9.94. The van der Waals surface area contributed by atoms with Gasteiger partial charge in [0.25, 0.3) is 5.91 Å². The zero-order valence-corrected chi connectivity index (χ0v) is 18.5. The molecule has 0 atom stereocenters. The van der Waals surface area contributed by atoms with E-state index in [-0.39, 0.29) is 11.3 Å². The lowest BCUT2D eigenvalue weighted by atomic mass is 10.3. The lowest BCUT2D eigenvalue weighted by Crippen LogP contribution is -2.28. The summed E-state index contributed by atoms with van der Waals surface area (Å²) >= 11 is 0.534. The molecule has 190 valence electrons. The highest BCUT2D eigenvalue weighted by atomic mass is 32.1. The number of amides is 1. The Morgan fingerprint density at radius 2 is 1.83 bits per heavy atom. The van der Waals surface area contributed by atoms with Gasteiger partial charge in [-0.2, -0.15) is 31.4 Å². The van der Waals surface area contributed by atoms with Crippen molar-refractivity contribution in [2.45, 2.75) is 18.8 Å². The Bertz CT molecular complexity index is 1180. The second-order valence-corrected chi connectivity index (χ2v) is 8.04. The summed E-state index contributed by atoms with van der Waals surface area (Å²) in [7, 11) is 0. The summed E-state index contributed by atoms with van der Waals surface area (Å²) in [5, 5.41) is 18.1. The maximum Gasteiger partial charge on any atom is 0.490 e. The second kappa shape index (κ2) is 10.5. The number of anilines is 2. The van der Waals surface area contributed by atoms with E-state index in [1.165, 1.54) is 22.2 Å². The van der Waals surface area contributed by atoms with Crippen molar-refractivity contribution in [1.29, 1.82) is 0 Å². The van der Waals surface area contributed by atoms with Crippen LogP contribution in [0, 0.1) is 0 Å². The topological polar surface area (TPSA) is 112 Å². The minimum Gasteiger partial charge on any atom is -0.475 e. The Morgan fingerprint density at radius 3 is 2.49 bits per heavy atom. The minimum absolute atomic E-state index is 0.120. The quantitative estimate of drug-likeness (QED) is 0.450. The van der Waals surface area contributed by atoms with Gasteiger partial charge < -0.3 is 20.6 Å². The number of rotatable bonds is 3. The molecule has 1 aliphatic heterocycles. The van der Waals surface area contributed by atoms with Crippen molar-refractivity contribution >= 4 is 40.4 Å². The van der Waals surface area contributed by atoms with Gasteiger partial charge in [-0.25, -0.2) is 14.3 Å². The fourth-order valence-corrected chi connectivity index (χ4v) is 3.81. The Balaban J connectivity index is 0.000000429. The van der Waals surface area contributed by atoms with Crippen LogP contribution in [-0.4, -0.2) is 63.9 Å². The molecule has 1 saturated heterocycles. The number of thiophene rings is 1. The zero-order chi connectivity index (χ0) is 25.8. The third-order valence-electron chi connectivity index (χ3n) is 4.68. The summed E-state index contributed by atoms with van der Waals surface area (Å²) in [6.07, 6.45) is -5.63. The first kappa shape index (κ1) is 26.2. The smallest absolute Gasteiger partial charge is 0.475 e. The van der Waals surface area contributed by atoms with Crippen molar-refractivity contribution in [3.8, 4) is 0 Å². The molecule has 0 spiro atoms. The molecule has 0 bridgehead atoms. The number of aromatic nitrogens is 3. The van der Waals surface area contributed by atoms with Gasteiger partial charge in [0.2, 0.25) is 0 Å². The number of hydrogen-bond acceptors (Lipinski definition) is 7. The Kier molecular flexibility index (Phi) is 7.84. The largest absolute Gasteiger partial charge is 0.490 e. The van der Waals surface area contributed by atoms with Crippen LogP contribution in [0.2, 0.25) is 0 Å². The average Bonchev–Trinajstić information content (AvgIpc) is 3.32. The van der Waals surface area contributed by atoms with Crippen LogP contribution in [-0.2, 0) is 11.0 Å². The molecule has 9 nitrogen and oxygen atoms in total. The first-order chi connectivity index (χ1) is 16.4. The number of carbonyl (C=O) groups is 2. The third kappa shape index (κ3) is 6.60. The van der Waals surface area contributed by atoms with E-state index >= 15 is 0 Å². The van der Waals surface area contributed by atoms with Crippen LogP contribution in [0.5, 0.6) is 0 Å². The van der Waals surface area contributed by atoms with Crippen LogP contribution in [0.1, 0.15) is 21.7 Å². The van der Waals surface area contributed by atoms with Crippen LogP contribution in [0.3, 0.4) is 0 Å². The van der Waals surface area contributed by atoms with Crippen molar-refractivity contribution in [1.82, 2.24) is 19.9 Å². The molecule has 16 heteroatoms. The number of hydrogen-bond donors (Lipinski definition) is 3. The van der Waals surface area contributed by atoms with E-state index in [1.54, 1.807) is 6.20 Å². The van der Waals surface area contributed by atoms with E-state index in [4.69, 9.17) is 9.90 Å². The summed E-state index contributed by atoms with van der Waals surface area (Å²) in [5.41, 5.74) is 0.154. The van der Waals surface area contributed by atoms with E-state index < -0.39 is 29.1 Å². The molecule has 0 aliphatic carbocycles. The van der Waals surface area contributed by atoms with Gasteiger partial charge in [0.1, 0.15) is 16.3 Å². The van der Waals surface area contributed by atoms with E-state index in [0.29, 0.717) is 22.8 Å². The van der Waals surface area contributed by atoms with Gasteiger partial charge in [0.15, 0.2) is 5.65 Å². The predicted octanol–water partition coefficient (Wildman–Crippen LogP) is 3.49. The Morgan fingerprint density at radius 1 is 1.11 bits per heavy atom. The van der Waals surface area contributed by atoms with Crippen molar-refractivity contribution in [2.75, 3.05) is 36.4 Å². The predicted molar refractivity (Wildman–Crippen MR) is 114 cm³/mol. The summed E-state index contributed by atoms with van der Waals surface area (Å²) in [4.78, 5) is 27.3. The second-order valence-electron chi connectivity index (χ2n) is 7.12. The fourth-order valence-electron chi connectivity index (χ4n) is 3.09. The zero-order valence-electron chi connectivity index (χ0n) is 17.7. The number of fused-ring (bicyclic) bond motifs is 1. The SMILES string of the molecule is O=C(Nc1ccsc1C(F)(F)F)c1cnn2ccc(N3CCCNCC3)nc12.O=C(O)C(F)(F)F. The van der Waals surface area contributed by atoms with Crippen molar-refractivity contribution in [3.63, 3.8) is 0 Å². The lowest BCUT2D eigenvalue weighted by molar-refractivity contribution is -0.192. The van der Waals surface area contributed by atoms with Crippen molar-refractivity contribution in [2.24, 2.45) is 0 Å². The third-order valence-corrected chi connectivity index (χ3v) is 5.64. The number of halogens is 6. The van der Waals surface area contributed by atoms with E-state index in [9.17, 15) is 31.1 Å². The monoisotopic (exact) mass is 524 g/mol. The van der Waals surface area contributed by atoms with Crippen LogP contribution < -0.4 is 15.5 Å². The van der Waals surface area contributed by atoms with Gasteiger partial charge in [0, 0.05) is 25.8 Å². The Hall–Kier alpha value is -3.40. The van der Waals surface area contributed by atoms with E-state index in [1.807, 2.05) is 6.07 Å². The highest BCUT2D eigenvalue weighted by Gasteiger charge is 2.38. The molecule has 0 aromatic carbocycles. The maximum absolute atomic E-state index is 13.0. The standard InChI is InChI=1S/C17H17F3N6OS.C2HF3O2/c18-17(19,20)14-12(3-9-28-14)23-16(27)11-10-22-26-7-2-13(24-15(11)26)25-6-1-4-21-5-8-25;3-2(4,5)1(6)7/h2-3,7,9-10,21H,1,4-6,8H2,(H,23,27);(H,6,7). The van der Waals surface area contributed by atoms with Gasteiger partial charge in [-0.1, -0.05) is 0 Å². The summed E-state index contributed by atoms with van der Waals surface area (Å²) in [5.74, 6) is -2.73. The fraction of sp³-hybridized carbons (Fsp3) is 0.368. The minimum atomic E-state index is -5.08. The summed E-state index contributed by atoms with van der Waals surface area (Å²) in [6.45, 7) is 3.37. The molecule has 1 amide bonds. The molecular formula is C19H18F6N6O3S. The number of nitrogens with one attached hydrogen (secondary N) is 2. The van der Waals surface area contributed by atoms with Gasteiger partial charge in [-0.3, -0.25) is 4.79 Å². The molecular weight excluding hydrogens is 506 g/mol. The number of aliphatic carboxylic acids is 1. The number of alkyl halides is 6. The normalized spacial score (nSPS) is 14.7. The number of carboxylic acid groups (broad SMARTS) is 1. The number of carboxylic acids is 1. The first-order valence-corrected chi connectivity index (χ1v) is 10.8. The van der Waals surface area contributed by atoms with Crippen LogP contribution in [0.15, 0.2) is 29.9 Å². The molecule has 3 aromatic rings. The molecule has 4 heterocycles. The van der Waals surface area contributed by atoms with Gasteiger partial charge in [0.05, 0.1) is 11.9 Å². The van der Waals surface area contributed by atoms with Crippen LogP contribution >= 0.6 is 11.3 Å². The number of carbonyl (C=O) groups excluding carboxylic acids is 1. The van der Waals surface area contributed by atoms with E-state index in [0.717, 1.165) is 32.6 Å². The molecule has 0 saturated carbocycles. The summed E-state index contributed by atoms with van der Waals surface area (Å²) < 4.78 is 72.3. The number of nitrogens with zero attached hydrogens (tertiary/aromatic N) is 4. The molecule has 0 radical (unpaired) electrons. The molecule has 1 fully saturated rings. The van der Waals surface area contributed by atoms with Crippen LogP contribution in [0.4, 0.5) is 37.8 Å². The average molecular weight is 524 g/mol. The lowest BCUT2D eigenvalue weighted by Gasteiger charge is -2.20. The Labute approximate surface area is 197 Å². The highest BCUT2D eigenvalue weighted by molar-refractivity contribution is 7.10. The van der Waals surface area contributed by atoms with Crippen molar-refractivity contribution < 1.29 is 41.0 Å². The molecule has 3 N–H and O–H groups in total. The van der Waals surface area contributed by atoms with Gasteiger partial charge in [-0.15, -0.1) is 11.3 Å². The highest BCUT2D eigenvalue weighted by Crippen LogP contribution is 2.39. The maximum atomic E-state index is 13.0. The van der Waals surface area contributed by atoms with Gasteiger partial charge in [-0.05, 0) is 30.5 Å². The molecule has 3 aromatic heterocycles. The molecule has 1 aliphatic rings. The van der Waals surface area contributed by atoms with Crippen LogP contribution in [0.25, 0.3) is 5.65 Å². The molecule has 35 heavy (non-hydrogen) atoms. The molecule has 4 rings (SSSR count). The van der Waals surface area contributed by atoms with Crippen molar-refractivity contribution in [3.05, 3.63) is 40.3 Å². The van der Waals surface area contributed by atoms with Gasteiger partial charge >= 0.3 is 18.3 Å². The molecule has 0 unspecified atom stereocenters.